The molecule has 9 heteroatoms. The predicted octanol–water partition coefficient (Wildman–Crippen LogP) is 2.36. The van der Waals surface area contributed by atoms with Gasteiger partial charge >= 0.3 is 0 Å². The zero-order valence-electron chi connectivity index (χ0n) is 16.1. The quantitative estimate of drug-likeness (QED) is 0.717. The molecule has 1 saturated heterocycles. The summed E-state index contributed by atoms with van der Waals surface area (Å²) in [6.45, 7) is 3.33. The number of sulfonamides is 1. The van der Waals surface area contributed by atoms with Crippen LogP contribution in [0.1, 0.15) is 11.1 Å². The summed E-state index contributed by atoms with van der Waals surface area (Å²) in [7, 11) is -3.57. The molecule has 0 aromatic heterocycles. The van der Waals surface area contributed by atoms with Crippen LogP contribution in [0.3, 0.4) is 0 Å². The van der Waals surface area contributed by atoms with Gasteiger partial charge in [-0.2, -0.15) is 4.31 Å². The molecular weight excluding hydrogens is 416 g/mol. The lowest BCUT2D eigenvalue weighted by Crippen LogP contribution is -2.40. The fourth-order valence-electron chi connectivity index (χ4n) is 2.91. The molecule has 1 amide bonds. The monoisotopic (exact) mass is 438 g/mol. The Bertz CT molecular complexity index is 975. The number of carbonyl (C=O) groups is 1. The number of hydrogen-bond donors (Lipinski definition) is 1. The highest BCUT2D eigenvalue weighted by Crippen LogP contribution is 2.24. The van der Waals surface area contributed by atoms with E-state index in [0.717, 1.165) is 5.56 Å². The molecule has 0 unspecified atom stereocenters. The molecule has 1 heterocycles. The predicted molar refractivity (Wildman–Crippen MR) is 110 cm³/mol. The van der Waals surface area contributed by atoms with Gasteiger partial charge in [0.2, 0.25) is 10.0 Å². The van der Waals surface area contributed by atoms with E-state index >= 15 is 0 Å². The molecule has 29 heavy (non-hydrogen) atoms. The first-order chi connectivity index (χ1) is 13.9. The largest absolute Gasteiger partial charge is 0.484 e. The van der Waals surface area contributed by atoms with Crippen LogP contribution in [0.4, 0.5) is 0 Å². The molecule has 0 spiro atoms. The molecule has 0 radical (unpaired) electrons. The van der Waals surface area contributed by atoms with Crippen molar-refractivity contribution in [1.82, 2.24) is 9.62 Å². The number of carbonyl (C=O) groups excluding carboxylic acids is 1. The van der Waals surface area contributed by atoms with Crippen molar-refractivity contribution < 1.29 is 22.7 Å². The molecule has 0 atom stereocenters. The molecule has 1 aliphatic rings. The van der Waals surface area contributed by atoms with Crippen molar-refractivity contribution in [3.8, 4) is 5.75 Å². The molecule has 3 rings (SSSR count). The molecule has 7 nitrogen and oxygen atoms in total. The first kappa shape index (κ1) is 21.6. The highest BCUT2D eigenvalue weighted by Gasteiger charge is 2.26. The molecule has 0 saturated carbocycles. The summed E-state index contributed by atoms with van der Waals surface area (Å²) in [5.41, 5.74) is 1.45. The van der Waals surface area contributed by atoms with E-state index in [2.05, 4.69) is 5.32 Å². The van der Waals surface area contributed by atoms with Crippen molar-refractivity contribution in [2.75, 3.05) is 32.9 Å². The van der Waals surface area contributed by atoms with Gasteiger partial charge in [-0.3, -0.25) is 4.79 Å². The lowest BCUT2D eigenvalue weighted by Gasteiger charge is -2.26. The number of nitrogens with one attached hydrogen (secondary N) is 1. The van der Waals surface area contributed by atoms with Crippen LogP contribution in [0.25, 0.3) is 0 Å². The maximum absolute atomic E-state index is 12.7. The molecular formula is C20H23ClN2O5S. The summed E-state index contributed by atoms with van der Waals surface area (Å²) in [4.78, 5) is 12.3. The number of hydrogen-bond acceptors (Lipinski definition) is 5. The van der Waals surface area contributed by atoms with E-state index in [1.54, 1.807) is 25.1 Å². The Morgan fingerprint density at radius 1 is 1.21 bits per heavy atom. The minimum Gasteiger partial charge on any atom is -0.484 e. The molecule has 1 N–H and O–H groups in total. The number of morpholine rings is 1. The van der Waals surface area contributed by atoms with Gasteiger partial charge < -0.3 is 14.8 Å². The summed E-state index contributed by atoms with van der Waals surface area (Å²) >= 11 is 6.07. The Balaban J connectivity index is 1.57. The van der Waals surface area contributed by atoms with Crippen LogP contribution >= 0.6 is 11.6 Å². The Kier molecular flexibility index (Phi) is 7.13. The zero-order valence-corrected chi connectivity index (χ0v) is 17.6. The topological polar surface area (TPSA) is 84.9 Å². The molecule has 1 aliphatic heterocycles. The summed E-state index contributed by atoms with van der Waals surface area (Å²) < 4.78 is 37.6. The molecule has 0 aliphatic carbocycles. The summed E-state index contributed by atoms with van der Waals surface area (Å²) in [5, 5.41) is 3.33. The molecule has 2 aromatic carbocycles. The van der Waals surface area contributed by atoms with Gasteiger partial charge in [0.05, 0.1) is 18.1 Å². The average molecular weight is 439 g/mol. The second-order valence-corrected chi connectivity index (χ2v) is 8.95. The number of nitrogens with zero attached hydrogens (tertiary/aromatic N) is 1. The van der Waals surface area contributed by atoms with E-state index in [1.807, 2.05) is 18.2 Å². The third-order valence-electron chi connectivity index (χ3n) is 4.55. The van der Waals surface area contributed by atoms with Crippen LogP contribution in [0, 0.1) is 6.92 Å². The maximum atomic E-state index is 12.7. The van der Waals surface area contributed by atoms with Crippen molar-refractivity contribution in [2.24, 2.45) is 0 Å². The van der Waals surface area contributed by atoms with Crippen molar-refractivity contribution in [3.63, 3.8) is 0 Å². The van der Waals surface area contributed by atoms with Crippen LogP contribution < -0.4 is 10.1 Å². The number of aryl methyl sites for hydroxylation is 1. The van der Waals surface area contributed by atoms with E-state index in [9.17, 15) is 13.2 Å². The number of rotatable bonds is 7. The Labute approximate surface area is 175 Å². The van der Waals surface area contributed by atoms with Gasteiger partial charge in [-0.1, -0.05) is 29.8 Å². The van der Waals surface area contributed by atoms with Crippen molar-refractivity contribution in [1.29, 1.82) is 0 Å². The second kappa shape index (κ2) is 9.58. The summed E-state index contributed by atoms with van der Waals surface area (Å²) in [6, 6.07) is 11.9. The number of ether oxygens (including phenoxy) is 2. The molecule has 1 fully saturated rings. The Morgan fingerprint density at radius 3 is 2.62 bits per heavy atom. The lowest BCUT2D eigenvalue weighted by atomic mass is 10.2. The third-order valence-corrected chi connectivity index (χ3v) is 6.81. The van der Waals surface area contributed by atoms with Gasteiger partial charge in [-0.15, -0.1) is 0 Å². The second-order valence-electron chi connectivity index (χ2n) is 6.60. The SMILES string of the molecule is Cc1cc(S(=O)(=O)N2CCOCC2)ccc1OCC(=O)NCc1ccccc1Cl. The van der Waals surface area contributed by atoms with Crippen LogP contribution in [0.5, 0.6) is 5.75 Å². The Hall–Kier alpha value is -2.13. The highest BCUT2D eigenvalue weighted by molar-refractivity contribution is 7.89. The van der Waals surface area contributed by atoms with Gasteiger partial charge in [-0.25, -0.2) is 8.42 Å². The van der Waals surface area contributed by atoms with E-state index in [1.165, 1.54) is 10.4 Å². The molecule has 156 valence electrons. The average Bonchev–Trinajstić information content (AvgIpc) is 2.73. The van der Waals surface area contributed by atoms with Gasteiger partial charge in [0.1, 0.15) is 5.75 Å². The van der Waals surface area contributed by atoms with Gasteiger partial charge in [0, 0.05) is 24.7 Å². The standard InChI is InChI=1S/C20H23ClN2O5S/c1-15-12-17(29(25,26)23-8-10-27-11-9-23)6-7-19(15)28-14-20(24)22-13-16-4-2-3-5-18(16)21/h2-7,12H,8-11,13-14H2,1H3,(H,22,24). The van der Waals surface area contributed by atoms with E-state index in [-0.39, 0.29) is 17.4 Å². The van der Waals surface area contributed by atoms with Gasteiger partial charge in [-0.05, 0) is 42.3 Å². The summed E-state index contributed by atoms with van der Waals surface area (Å²) in [5.74, 6) is 0.160. The lowest BCUT2D eigenvalue weighted by molar-refractivity contribution is -0.123. The highest BCUT2D eigenvalue weighted by atomic mass is 35.5. The van der Waals surface area contributed by atoms with Crippen LogP contribution in [0.15, 0.2) is 47.4 Å². The van der Waals surface area contributed by atoms with Crippen molar-refractivity contribution >= 4 is 27.5 Å². The van der Waals surface area contributed by atoms with Crippen LogP contribution in [-0.4, -0.2) is 51.5 Å². The Morgan fingerprint density at radius 2 is 1.93 bits per heavy atom. The van der Waals surface area contributed by atoms with E-state index < -0.39 is 10.0 Å². The number of amides is 1. The first-order valence-corrected chi connectivity index (χ1v) is 11.0. The van der Waals surface area contributed by atoms with Crippen molar-refractivity contribution in [2.45, 2.75) is 18.4 Å². The first-order valence-electron chi connectivity index (χ1n) is 9.19. The van der Waals surface area contributed by atoms with Crippen LogP contribution in [-0.2, 0) is 26.1 Å². The van der Waals surface area contributed by atoms with E-state index in [4.69, 9.17) is 21.1 Å². The van der Waals surface area contributed by atoms with Gasteiger partial charge in [0.15, 0.2) is 6.61 Å². The zero-order chi connectivity index (χ0) is 20.9. The van der Waals surface area contributed by atoms with Crippen LogP contribution in [0.2, 0.25) is 5.02 Å². The van der Waals surface area contributed by atoms with E-state index in [0.29, 0.717) is 49.2 Å². The molecule has 0 bridgehead atoms. The van der Waals surface area contributed by atoms with Crippen molar-refractivity contribution in [3.05, 3.63) is 58.6 Å². The minimum absolute atomic E-state index is 0.180. The normalized spacial score (nSPS) is 15.1. The number of benzene rings is 2. The fourth-order valence-corrected chi connectivity index (χ4v) is 4.61. The van der Waals surface area contributed by atoms with Gasteiger partial charge in [0.25, 0.3) is 5.91 Å². The maximum Gasteiger partial charge on any atom is 0.258 e. The summed E-state index contributed by atoms with van der Waals surface area (Å²) in [6.07, 6.45) is 0. The molecule has 2 aromatic rings. The third kappa shape index (κ3) is 5.48. The number of halogens is 1. The minimum atomic E-state index is -3.57. The fraction of sp³-hybridized carbons (Fsp3) is 0.350. The smallest absolute Gasteiger partial charge is 0.258 e.